The van der Waals surface area contributed by atoms with Crippen LogP contribution in [0.15, 0.2) is 48.2 Å². The van der Waals surface area contributed by atoms with E-state index in [1.54, 1.807) is 12.1 Å². The van der Waals surface area contributed by atoms with Crippen LogP contribution in [0.2, 0.25) is 0 Å². The van der Waals surface area contributed by atoms with Crippen LogP contribution < -0.4 is 4.74 Å². The smallest absolute Gasteiger partial charge is 0.270 e. The first-order valence-corrected chi connectivity index (χ1v) is 9.70. The average Bonchev–Trinajstić information content (AvgIpc) is 2.76. The zero-order valence-corrected chi connectivity index (χ0v) is 17.2. The van der Waals surface area contributed by atoms with E-state index in [0.717, 1.165) is 11.6 Å². The zero-order chi connectivity index (χ0) is 22.5. The Morgan fingerprint density at radius 2 is 1.97 bits per heavy atom. The van der Waals surface area contributed by atoms with Gasteiger partial charge < -0.3 is 9.64 Å². The molecule has 3 rings (SSSR count). The van der Waals surface area contributed by atoms with Crippen molar-refractivity contribution in [3.63, 3.8) is 0 Å². The lowest BCUT2D eigenvalue weighted by Crippen LogP contribution is -2.55. The molecule has 2 atom stereocenters. The van der Waals surface area contributed by atoms with Crippen molar-refractivity contribution in [2.45, 2.75) is 32.5 Å². The van der Waals surface area contributed by atoms with Gasteiger partial charge in [-0.15, -0.1) is 0 Å². The normalized spacial score (nSPS) is 19.1. The van der Waals surface area contributed by atoms with Gasteiger partial charge in [-0.3, -0.25) is 19.8 Å². The molecule has 0 aliphatic carbocycles. The molecule has 8 nitrogen and oxygen atoms in total. The molecule has 1 saturated heterocycles. The number of halogens is 1. The maximum Gasteiger partial charge on any atom is 0.270 e. The number of rotatable bonds is 7. The van der Waals surface area contributed by atoms with Crippen molar-refractivity contribution < 1.29 is 23.6 Å². The Labute approximate surface area is 178 Å². The molecule has 0 radical (unpaired) electrons. The molecule has 0 N–H and O–H groups in total. The largest absolute Gasteiger partial charge is 0.477 e. The number of non-ortho nitro benzene ring substituents is 1. The SMILES string of the molecule is C[C@@H]1CN(COc2ccc([N+](=O)[O-])cc2C=O)[C@@H](C)C(=C=O)N1Cc1ccc(F)cc1. The van der Waals surface area contributed by atoms with Gasteiger partial charge in [-0.25, -0.2) is 9.18 Å². The predicted molar refractivity (Wildman–Crippen MR) is 111 cm³/mol. The number of piperazine rings is 1. The lowest BCUT2D eigenvalue weighted by Gasteiger charge is -2.45. The van der Waals surface area contributed by atoms with Crippen LogP contribution in [-0.4, -0.2) is 52.3 Å². The van der Waals surface area contributed by atoms with E-state index in [9.17, 15) is 24.1 Å². The number of hydrogen-bond acceptors (Lipinski definition) is 7. The number of nitrogens with zero attached hydrogens (tertiary/aromatic N) is 3. The van der Waals surface area contributed by atoms with E-state index in [1.807, 2.05) is 29.6 Å². The monoisotopic (exact) mass is 427 g/mol. The van der Waals surface area contributed by atoms with Gasteiger partial charge in [0, 0.05) is 31.3 Å². The molecule has 1 heterocycles. The number of carbonyl (C=O) groups excluding carboxylic acids is 2. The van der Waals surface area contributed by atoms with E-state index in [1.165, 1.54) is 24.3 Å². The number of hydrogen-bond donors (Lipinski definition) is 0. The first-order chi connectivity index (χ1) is 14.8. The third-order valence-electron chi connectivity index (χ3n) is 5.37. The van der Waals surface area contributed by atoms with Crippen molar-refractivity contribution in [3.8, 4) is 5.75 Å². The highest BCUT2D eigenvalue weighted by Crippen LogP contribution is 2.27. The van der Waals surface area contributed by atoms with Crippen molar-refractivity contribution in [2.24, 2.45) is 0 Å². The van der Waals surface area contributed by atoms with E-state index in [2.05, 4.69) is 0 Å². The molecule has 2 aromatic rings. The summed E-state index contributed by atoms with van der Waals surface area (Å²) in [5.74, 6) is 1.93. The van der Waals surface area contributed by atoms with Gasteiger partial charge in [0.2, 0.25) is 0 Å². The minimum Gasteiger partial charge on any atom is -0.477 e. The lowest BCUT2D eigenvalue weighted by atomic mass is 10.0. The molecule has 2 aromatic carbocycles. The van der Waals surface area contributed by atoms with Crippen LogP contribution in [0.4, 0.5) is 10.1 Å². The first-order valence-electron chi connectivity index (χ1n) is 9.70. The Morgan fingerprint density at radius 3 is 2.58 bits per heavy atom. The van der Waals surface area contributed by atoms with Crippen LogP contribution in [0, 0.1) is 15.9 Å². The second-order valence-corrected chi connectivity index (χ2v) is 7.41. The highest BCUT2D eigenvalue weighted by atomic mass is 19.1. The van der Waals surface area contributed by atoms with Crippen molar-refractivity contribution in [1.29, 1.82) is 0 Å². The van der Waals surface area contributed by atoms with Gasteiger partial charge >= 0.3 is 0 Å². The van der Waals surface area contributed by atoms with Gasteiger partial charge in [-0.05, 0) is 37.6 Å². The Morgan fingerprint density at radius 1 is 1.26 bits per heavy atom. The molecule has 1 aliphatic rings. The number of benzene rings is 2. The Kier molecular flexibility index (Phi) is 6.79. The molecule has 1 aliphatic heterocycles. The molecule has 9 heteroatoms. The highest BCUT2D eigenvalue weighted by Gasteiger charge is 2.34. The molecule has 0 unspecified atom stereocenters. The molecule has 0 aromatic heterocycles. The Bertz CT molecular complexity index is 1020. The van der Waals surface area contributed by atoms with Crippen LogP contribution in [0.25, 0.3) is 0 Å². The summed E-state index contributed by atoms with van der Waals surface area (Å²) in [7, 11) is 0. The second-order valence-electron chi connectivity index (χ2n) is 7.41. The Hall–Kier alpha value is -3.55. The van der Waals surface area contributed by atoms with E-state index in [-0.39, 0.29) is 41.6 Å². The molecule has 0 saturated carbocycles. The summed E-state index contributed by atoms with van der Waals surface area (Å²) in [4.78, 5) is 37.2. The van der Waals surface area contributed by atoms with Crippen molar-refractivity contribution in [2.75, 3.05) is 13.3 Å². The summed E-state index contributed by atoms with van der Waals surface area (Å²) in [5, 5.41) is 10.9. The van der Waals surface area contributed by atoms with Crippen LogP contribution in [-0.2, 0) is 11.3 Å². The summed E-state index contributed by atoms with van der Waals surface area (Å²) in [6.45, 7) is 4.91. The maximum absolute atomic E-state index is 13.2. The Balaban J connectivity index is 1.72. The quantitative estimate of drug-likeness (QED) is 0.290. The summed E-state index contributed by atoms with van der Waals surface area (Å²) in [6, 6.07) is 9.57. The zero-order valence-electron chi connectivity index (χ0n) is 17.2. The summed E-state index contributed by atoms with van der Waals surface area (Å²) < 4.78 is 18.9. The second kappa shape index (κ2) is 9.51. The highest BCUT2D eigenvalue weighted by molar-refractivity contribution is 5.80. The van der Waals surface area contributed by atoms with Crippen molar-refractivity contribution in [3.05, 3.63) is 75.2 Å². The third kappa shape index (κ3) is 4.96. The molecule has 0 amide bonds. The number of nitro groups is 1. The molecular formula is C22H22FN3O5. The lowest BCUT2D eigenvalue weighted by molar-refractivity contribution is -0.384. The number of nitro benzene ring substituents is 1. The van der Waals surface area contributed by atoms with Crippen LogP contribution in [0.5, 0.6) is 5.75 Å². The van der Waals surface area contributed by atoms with Gasteiger partial charge in [0.15, 0.2) is 6.29 Å². The van der Waals surface area contributed by atoms with Gasteiger partial charge in [-0.1, -0.05) is 12.1 Å². The van der Waals surface area contributed by atoms with E-state index >= 15 is 0 Å². The van der Waals surface area contributed by atoms with E-state index in [0.29, 0.717) is 25.1 Å². The third-order valence-corrected chi connectivity index (χ3v) is 5.37. The number of aldehydes is 1. The summed E-state index contributed by atoms with van der Waals surface area (Å²) in [5.41, 5.74) is 1.21. The minimum atomic E-state index is -0.581. The minimum absolute atomic E-state index is 0.0521. The number of carbonyl (C=O) groups is 1. The molecule has 162 valence electrons. The maximum atomic E-state index is 13.2. The van der Waals surface area contributed by atoms with Gasteiger partial charge in [-0.2, -0.15) is 0 Å². The fourth-order valence-corrected chi connectivity index (χ4v) is 3.61. The van der Waals surface area contributed by atoms with Crippen molar-refractivity contribution >= 4 is 17.9 Å². The topological polar surface area (TPSA) is 93.0 Å². The van der Waals surface area contributed by atoms with Gasteiger partial charge in [0.25, 0.3) is 5.69 Å². The fraction of sp³-hybridized carbons (Fsp3) is 0.318. The van der Waals surface area contributed by atoms with E-state index < -0.39 is 4.92 Å². The molecule has 31 heavy (non-hydrogen) atoms. The molecular weight excluding hydrogens is 405 g/mol. The standard InChI is InChI=1S/C22H22FN3O5/c1-15-10-24(14-31-22-8-7-20(26(29)30)9-18(22)12-27)16(2)21(13-28)25(15)11-17-3-5-19(23)6-4-17/h3-9,12,15-16H,10-11,14H2,1-2H3/t15-,16+/m1/s1. The molecule has 0 spiro atoms. The molecule has 0 bridgehead atoms. The van der Waals surface area contributed by atoms with E-state index in [4.69, 9.17) is 4.74 Å². The average molecular weight is 427 g/mol. The van der Waals surface area contributed by atoms with Gasteiger partial charge in [0.05, 0.1) is 16.5 Å². The first kappa shape index (κ1) is 22.1. The van der Waals surface area contributed by atoms with Crippen LogP contribution in [0.3, 0.4) is 0 Å². The van der Waals surface area contributed by atoms with Crippen LogP contribution >= 0.6 is 0 Å². The molecule has 1 fully saturated rings. The van der Waals surface area contributed by atoms with Crippen LogP contribution in [0.1, 0.15) is 29.8 Å². The fourth-order valence-electron chi connectivity index (χ4n) is 3.61. The van der Waals surface area contributed by atoms with Crippen molar-refractivity contribution in [1.82, 2.24) is 9.80 Å². The number of ether oxygens (including phenoxy) is 1. The van der Waals surface area contributed by atoms with Gasteiger partial charge in [0.1, 0.15) is 29.9 Å². The predicted octanol–water partition coefficient (Wildman–Crippen LogP) is 3.19. The summed E-state index contributed by atoms with van der Waals surface area (Å²) in [6.07, 6.45) is 0.506. The summed E-state index contributed by atoms with van der Waals surface area (Å²) >= 11 is 0.